The van der Waals surface area contributed by atoms with E-state index in [2.05, 4.69) is 0 Å². The second-order valence-corrected chi connectivity index (χ2v) is 4.95. The molecule has 2 aromatic rings. The van der Waals surface area contributed by atoms with Gasteiger partial charge in [0.1, 0.15) is 6.54 Å². The molecule has 0 aromatic heterocycles. The minimum absolute atomic E-state index is 0.124. The highest BCUT2D eigenvalue weighted by Crippen LogP contribution is 2.16. The van der Waals surface area contributed by atoms with Gasteiger partial charge >= 0.3 is 5.97 Å². The van der Waals surface area contributed by atoms with Crippen LogP contribution in [-0.2, 0) is 16.0 Å². The first-order chi connectivity index (χ1) is 10.1. The Morgan fingerprint density at radius 1 is 1.00 bits per heavy atom. The van der Waals surface area contributed by atoms with Crippen LogP contribution < -0.4 is 4.90 Å². The fourth-order valence-electron chi connectivity index (χ4n) is 1.94. The molecule has 0 saturated carbocycles. The Bertz CT molecular complexity index is 626. The Kier molecular flexibility index (Phi) is 4.95. The maximum Gasteiger partial charge on any atom is 0.323 e. The molecule has 2 rings (SSSR count). The van der Waals surface area contributed by atoms with Crippen LogP contribution in [0.2, 0.25) is 5.02 Å². The van der Waals surface area contributed by atoms with Crippen LogP contribution in [0, 0.1) is 0 Å². The molecular weight excluding hydrogens is 290 g/mol. The fraction of sp³-hybridized carbons (Fsp3) is 0.125. The zero-order chi connectivity index (χ0) is 15.2. The molecule has 0 spiro atoms. The third kappa shape index (κ3) is 4.33. The normalized spacial score (nSPS) is 10.1. The lowest BCUT2D eigenvalue weighted by Crippen LogP contribution is -2.36. The van der Waals surface area contributed by atoms with Crippen molar-refractivity contribution in [2.24, 2.45) is 0 Å². The minimum Gasteiger partial charge on any atom is -0.480 e. The first-order valence-electron chi connectivity index (χ1n) is 6.38. The predicted octanol–water partition coefficient (Wildman–Crippen LogP) is 3.00. The van der Waals surface area contributed by atoms with Gasteiger partial charge in [-0.1, -0.05) is 41.9 Å². The zero-order valence-electron chi connectivity index (χ0n) is 11.2. The molecule has 0 saturated heterocycles. The largest absolute Gasteiger partial charge is 0.480 e. The molecule has 0 unspecified atom stereocenters. The Balaban J connectivity index is 2.18. The summed E-state index contributed by atoms with van der Waals surface area (Å²) in [6, 6.07) is 15.7. The van der Waals surface area contributed by atoms with Gasteiger partial charge in [0.25, 0.3) is 0 Å². The second kappa shape index (κ2) is 6.90. The summed E-state index contributed by atoms with van der Waals surface area (Å²) in [6.07, 6.45) is 0.124. The van der Waals surface area contributed by atoms with Crippen molar-refractivity contribution >= 4 is 29.2 Å². The number of anilines is 1. The maximum absolute atomic E-state index is 12.4. The number of carbonyl (C=O) groups is 2. The summed E-state index contributed by atoms with van der Waals surface area (Å²) >= 11 is 5.80. The summed E-state index contributed by atoms with van der Waals surface area (Å²) in [5.74, 6) is -1.32. The minimum atomic E-state index is -1.05. The van der Waals surface area contributed by atoms with Crippen LogP contribution in [0.1, 0.15) is 5.56 Å². The quantitative estimate of drug-likeness (QED) is 0.924. The molecule has 0 aliphatic rings. The first kappa shape index (κ1) is 15.1. The molecule has 21 heavy (non-hydrogen) atoms. The van der Waals surface area contributed by atoms with Crippen molar-refractivity contribution < 1.29 is 14.7 Å². The number of hydrogen-bond acceptors (Lipinski definition) is 2. The van der Waals surface area contributed by atoms with E-state index in [1.54, 1.807) is 48.5 Å². The van der Waals surface area contributed by atoms with Gasteiger partial charge in [-0.05, 0) is 29.8 Å². The van der Waals surface area contributed by atoms with Gasteiger partial charge in [0.15, 0.2) is 0 Å². The van der Waals surface area contributed by atoms with Crippen molar-refractivity contribution in [1.29, 1.82) is 0 Å². The molecule has 0 atom stereocenters. The molecule has 0 bridgehead atoms. The lowest BCUT2D eigenvalue weighted by Gasteiger charge is -2.21. The molecule has 4 nitrogen and oxygen atoms in total. The third-order valence-corrected chi connectivity index (χ3v) is 3.18. The smallest absolute Gasteiger partial charge is 0.323 e. The highest BCUT2D eigenvalue weighted by Gasteiger charge is 2.18. The Morgan fingerprint density at radius 3 is 2.19 bits per heavy atom. The van der Waals surface area contributed by atoms with Crippen LogP contribution in [0.5, 0.6) is 0 Å². The summed E-state index contributed by atoms with van der Waals surface area (Å²) in [4.78, 5) is 24.6. The van der Waals surface area contributed by atoms with Crippen molar-refractivity contribution in [2.75, 3.05) is 11.4 Å². The molecule has 108 valence electrons. The van der Waals surface area contributed by atoms with Crippen molar-refractivity contribution in [1.82, 2.24) is 0 Å². The monoisotopic (exact) mass is 303 g/mol. The number of carbonyl (C=O) groups excluding carboxylic acids is 1. The summed E-state index contributed by atoms with van der Waals surface area (Å²) in [6.45, 7) is -0.365. The number of benzene rings is 2. The van der Waals surface area contributed by atoms with Crippen molar-refractivity contribution in [3.8, 4) is 0 Å². The molecule has 1 amide bonds. The van der Waals surface area contributed by atoms with E-state index in [-0.39, 0.29) is 18.9 Å². The molecule has 0 fully saturated rings. The number of para-hydroxylation sites is 1. The Morgan fingerprint density at radius 2 is 1.62 bits per heavy atom. The highest BCUT2D eigenvalue weighted by molar-refractivity contribution is 6.30. The Labute approximate surface area is 127 Å². The lowest BCUT2D eigenvalue weighted by atomic mass is 10.1. The lowest BCUT2D eigenvalue weighted by molar-refractivity contribution is -0.136. The second-order valence-electron chi connectivity index (χ2n) is 4.51. The highest BCUT2D eigenvalue weighted by atomic mass is 35.5. The average Bonchev–Trinajstić information content (AvgIpc) is 2.48. The number of nitrogens with zero attached hydrogens (tertiary/aromatic N) is 1. The van der Waals surface area contributed by atoms with E-state index in [0.29, 0.717) is 10.7 Å². The molecule has 1 N–H and O–H groups in total. The number of amides is 1. The van der Waals surface area contributed by atoms with Gasteiger partial charge in [-0.3, -0.25) is 9.59 Å². The molecular formula is C16H14ClNO3. The van der Waals surface area contributed by atoms with Crippen molar-refractivity contribution in [3.63, 3.8) is 0 Å². The third-order valence-electron chi connectivity index (χ3n) is 2.93. The maximum atomic E-state index is 12.4. The van der Waals surface area contributed by atoms with E-state index in [9.17, 15) is 9.59 Å². The van der Waals surface area contributed by atoms with E-state index in [4.69, 9.17) is 16.7 Å². The van der Waals surface area contributed by atoms with Gasteiger partial charge in [0, 0.05) is 10.7 Å². The van der Waals surface area contributed by atoms with Gasteiger partial charge < -0.3 is 10.0 Å². The number of hydrogen-bond donors (Lipinski definition) is 1. The summed E-state index contributed by atoms with van der Waals surface area (Å²) in [7, 11) is 0. The van der Waals surface area contributed by atoms with Gasteiger partial charge in [-0.2, -0.15) is 0 Å². The van der Waals surface area contributed by atoms with E-state index in [0.717, 1.165) is 5.56 Å². The van der Waals surface area contributed by atoms with E-state index >= 15 is 0 Å². The van der Waals surface area contributed by atoms with Crippen molar-refractivity contribution in [2.45, 2.75) is 6.42 Å². The summed E-state index contributed by atoms with van der Waals surface area (Å²) in [5, 5.41) is 9.58. The van der Waals surface area contributed by atoms with E-state index in [1.165, 1.54) is 4.90 Å². The van der Waals surface area contributed by atoms with Gasteiger partial charge in [-0.25, -0.2) is 0 Å². The zero-order valence-corrected chi connectivity index (χ0v) is 12.0. The number of aliphatic carboxylic acids is 1. The number of carboxylic acid groups (broad SMARTS) is 1. The number of halogens is 1. The van der Waals surface area contributed by atoms with Gasteiger partial charge in [-0.15, -0.1) is 0 Å². The van der Waals surface area contributed by atoms with Gasteiger partial charge in [0.2, 0.25) is 5.91 Å². The van der Waals surface area contributed by atoms with Gasteiger partial charge in [0.05, 0.1) is 6.42 Å². The molecule has 5 heteroatoms. The van der Waals surface area contributed by atoms with Crippen LogP contribution in [0.15, 0.2) is 54.6 Å². The topological polar surface area (TPSA) is 57.6 Å². The van der Waals surface area contributed by atoms with Crippen LogP contribution >= 0.6 is 11.6 Å². The van der Waals surface area contributed by atoms with Crippen LogP contribution in [0.25, 0.3) is 0 Å². The SMILES string of the molecule is O=C(O)CN(C(=O)Cc1ccc(Cl)cc1)c1ccccc1. The summed E-state index contributed by atoms with van der Waals surface area (Å²) < 4.78 is 0. The van der Waals surface area contributed by atoms with E-state index in [1.807, 2.05) is 6.07 Å². The molecule has 2 aromatic carbocycles. The number of rotatable bonds is 5. The first-order valence-corrected chi connectivity index (χ1v) is 6.75. The fourth-order valence-corrected chi connectivity index (χ4v) is 2.06. The molecule has 0 heterocycles. The van der Waals surface area contributed by atoms with Crippen molar-refractivity contribution in [3.05, 3.63) is 65.2 Å². The molecule has 0 aliphatic carbocycles. The standard InChI is InChI=1S/C16H14ClNO3/c17-13-8-6-12(7-9-13)10-15(19)18(11-16(20)21)14-4-2-1-3-5-14/h1-9H,10-11H2,(H,20,21). The van der Waals surface area contributed by atoms with E-state index < -0.39 is 5.97 Å². The average molecular weight is 304 g/mol. The number of carboxylic acids is 1. The van der Waals surface area contributed by atoms with Crippen LogP contribution in [0.4, 0.5) is 5.69 Å². The molecule has 0 aliphatic heterocycles. The Hall–Kier alpha value is -2.33. The summed E-state index contributed by atoms with van der Waals surface area (Å²) in [5.41, 5.74) is 1.36. The van der Waals surface area contributed by atoms with Crippen LogP contribution in [0.3, 0.4) is 0 Å². The predicted molar refractivity (Wildman–Crippen MR) is 81.6 cm³/mol. The van der Waals surface area contributed by atoms with Crippen LogP contribution in [-0.4, -0.2) is 23.5 Å². The molecule has 0 radical (unpaired) electrons.